The second kappa shape index (κ2) is 8.97. The lowest BCUT2D eigenvalue weighted by molar-refractivity contribution is 0.0943. The molecule has 2 aromatic carbocycles. The van der Waals surface area contributed by atoms with Crippen molar-refractivity contribution in [2.24, 2.45) is 0 Å². The standard InChI is InChI=1S/C20H25NO4/c1-5-24-19-11-6-15(20(22)21-14(2)3)12-16(19)13-25-18-9-7-17(23-4)8-10-18/h6-12,14H,5,13H2,1-4H3,(H,21,22). The van der Waals surface area contributed by atoms with Crippen molar-refractivity contribution in [1.82, 2.24) is 5.32 Å². The van der Waals surface area contributed by atoms with Crippen molar-refractivity contribution < 1.29 is 19.0 Å². The van der Waals surface area contributed by atoms with Crippen molar-refractivity contribution in [3.8, 4) is 17.2 Å². The Balaban J connectivity index is 2.15. The van der Waals surface area contributed by atoms with E-state index >= 15 is 0 Å². The summed E-state index contributed by atoms with van der Waals surface area (Å²) in [5.74, 6) is 2.11. The van der Waals surface area contributed by atoms with E-state index in [9.17, 15) is 4.79 Å². The van der Waals surface area contributed by atoms with Gasteiger partial charge < -0.3 is 19.5 Å². The number of amides is 1. The van der Waals surface area contributed by atoms with E-state index in [2.05, 4.69) is 5.32 Å². The molecule has 0 heterocycles. The summed E-state index contributed by atoms with van der Waals surface area (Å²) in [5.41, 5.74) is 1.42. The smallest absolute Gasteiger partial charge is 0.251 e. The fourth-order valence-electron chi connectivity index (χ4n) is 2.31. The van der Waals surface area contributed by atoms with Crippen LogP contribution in [-0.2, 0) is 6.61 Å². The fourth-order valence-corrected chi connectivity index (χ4v) is 2.31. The van der Waals surface area contributed by atoms with E-state index in [-0.39, 0.29) is 11.9 Å². The lowest BCUT2D eigenvalue weighted by Crippen LogP contribution is -2.30. The molecule has 0 saturated heterocycles. The van der Waals surface area contributed by atoms with Gasteiger partial charge in [0.15, 0.2) is 0 Å². The monoisotopic (exact) mass is 343 g/mol. The average molecular weight is 343 g/mol. The Hall–Kier alpha value is -2.69. The predicted molar refractivity (Wildman–Crippen MR) is 97.5 cm³/mol. The second-order valence-corrected chi connectivity index (χ2v) is 5.85. The first-order valence-electron chi connectivity index (χ1n) is 8.37. The maximum Gasteiger partial charge on any atom is 0.251 e. The normalized spacial score (nSPS) is 10.4. The minimum Gasteiger partial charge on any atom is -0.497 e. The van der Waals surface area contributed by atoms with Gasteiger partial charge >= 0.3 is 0 Å². The van der Waals surface area contributed by atoms with Gasteiger partial charge in [-0.15, -0.1) is 0 Å². The zero-order chi connectivity index (χ0) is 18.2. The predicted octanol–water partition coefficient (Wildman–Crippen LogP) is 3.81. The fraction of sp³-hybridized carbons (Fsp3) is 0.350. The highest BCUT2D eigenvalue weighted by molar-refractivity contribution is 5.94. The number of methoxy groups -OCH3 is 1. The van der Waals surface area contributed by atoms with Crippen molar-refractivity contribution in [2.45, 2.75) is 33.4 Å². The van der Waals surface area contributed by atoms with Crippen LogP contribution in [0.2, 0.25) is 0 Å². The molecule has 0 atom stereocenters. The van der Waals surface area contributed by atoms with Gasteiger partial charge in [0.25, 0.3) is 5.91 Å². The van der Waals surface area contributed by atoms with Gasteiger partial charge in [0.1, 0.15) is 23.9 Å². The van der Waals surface area contributed by atoms with Crippen LogP contribution >= 0.6 is 0 Å². The highest BCUT2D eigenvalue weighted by atomic mass is 16.5. The molecular formula is C20H25NO4. The minimum absolute atomic E-state index is 0.0815. The van der Waals surface area contributed by atoms with Crippen molar-refractivity contribution in [1.29, 1.82) is 0 Å². The van der Waals surface area contributed by atoms with E-state index in [0.717, 1.165) is 22.8 Å². The Bertz CT molecular complexity index is 695. The Morgan fingerprint density at radius 3 is 2.32 bits per heavy atom. The van der Waals surface area contributed by atoms with Crippen LogP contribution in [0.1, 0.15) is 36.7 Å². The van der Waals surface area contributed by atoms with Crippen molar-refractivity contribution in [2.75, 3.05) is 13.7 Å². The molecule has 0 bridgehead atoms. The molecule has 0 aliphatic carbocycles. The van der Waals surface area contributed by atoms with Gasteiger partial charge in [0.2, 0.25) is 0 Å². The third-order valence-corrected chi connectivity index (χ3v) is 3.50. The topological polar surface area (TPSA) is 56.8 Å². The Labute approximate surface area is 148 Å². The van der Waals surface area contributed by atoms with Crippen molar-refractivity contribution >= 4 is 5.91 Å². The van der Waals surface area contributed by atoms with E-state index < -0.39 is 0 Å². The van der Waals surface area contributed by atoms with E-state index in [0.29, 0.717) is 18.8 Å². The molecule has 0 fully saturated rings. The number of benzene rings is 2. The second-order valence-electron chi connectivity index (χ2n) is 5.85. The Morgan fingerprint density at radius 2 is 1.72 bits per heavy atom. The quantitative estimate of drug-likeness (QED) is 0.792. The summed E-state index contributed by atoms with van der Waals surface area (Å²) in [7, 11) is 1.62. The van der Waals surface area contributed by atoms with E-state index in [4.69, 9.17) is 14.2 Å². The summed E-state index contributed by atoms with van der Waals surface area (Å²) in [6.45, 7) is 6.64. The lowest BCUT2D eigenvalue weighted by atomic mass is 10.1. The van der Waals surface area contributed by atoms with Crippen LogP contribution in [0, 0.1) is 0 Å². The molecule has 0 unspecified atom stereocenters. The molecule has 2 aromatic rings. The first-order chi connectivity index (χ1) is 12.0. The summed E-state index contributed by atoms with van der Waals surface area (Å²) in [6, 6.07) is 12.8. The molecule has 5 heteroatoms. The number of nitrogens with one attached hydrogen (secondary N) is 1. The number of rotatable bonds is 8. The van der Waals surface area contributed by atoms with Crippen LogP contribution < -0.4 is 19.5 Å². The van der Waals surface area contributed by atoms with E-state index in [1.807, 2.05) is 57.2 Å². The molecule has 0 aliphatic heterocycles. The summed E-state index contributed by atoms with van der Waals surface area (Å²) < 4.78 is 16.6. The van der Waals surface area contributed by atoms with E-state index in [1.54, 1.807) is 13.2 Å². The van der Waals surface area contributed by atoms with Crippen LogP contribution in [-0.4, -0.2) is 25.7 Å². The first kappa shape index (κ1) is 18.6. The van der Waals surface area contributed by atoms with Gasteiger partial charge in [-0.2, -0.15) is 0 Å². The van der Waals surface area contributed by atoms with Crippen LogP contribution in [0.25, 0.3) is 0 Å². The number of hydrogen-bond donors (Lipinski definition) is 1. The molecule has 1 amide bonds. The molecule has 5 nitrogen and oxygen atoms in total. The highest BCUT2D eigenvalue weighted by Gasteiger charge is 2.12. The molecular weight excluding hydrogens is 318 g/mol. The summed E-state index contributed by atoms with van der Waals surface area (Å²) >= 11 is 0. The molecule has 0 radical (unpaired) electrons. The number of ether oxygens (including phenoxy) is 3. The van der Waals surface area contributed by atoms with Gasteiger partial charge in [-0.05, 0) is 63.2 Å². The Kier molecular flexibility index (Phi) is 6.69. The zero-order valence-corrected chi connectivity index (χ0v) is 15.2. The third-order valence-electron chi connectivity index (χ3n) is 3.50. The summed E-state index contributed by atoms with van der Waals surface area (Å²) in [4.78, 5) is 12.2. The van der Waals surface area contributed by atoms with Gasteiger partial charge in [-0.3, -0.25) is 4.79 Å². The SMILES string of the molecule is CCOc1ccc(C(=O)NC(C)C)cc1COc1ccc(OC)cc1. The summed E-state index contributed by atoms with van der Waals surface area (Å²) in [5, 5.41) is 2.89. The van der Waals surface area contributed by atoms with Gasteiger partial charge in [0, 0.05) is 17.2 Å². The molecule has 0 aliphatic rings. The van der Waals surface area contributed by atoms with Gasteiger partial charge in [0.05, 0.1) is 13.7 Å². The number of carbonyl (C=O) groups excluding carboxylic acids is 1. The lowest BCUT2D eigenvalue weighted by Gasteiger charge is -2.14. The number of carbonyl (C=O) groups is 1. The Morgan fingerprint density at radius 1 is 1.04 bits per heavy atom. The van der Waals surface area contributed by atoms with E-state index in [1.165, 1.54) is 0 Å². The molecule has 1 N–H and O–H groups in total. The molecule has 25 heavy (non-hydrogen) atoms. The zero-order valence-electron chi connectivity index (χ0n) is 15.2. The van der Waals surface area contributed by atoms with Crippen LogP contribution in [0.3, 0.4) is 0 Å². The maximum atomic E-state index is 12.2. The van der Waals surface area contributed by atoms with Gasteiger partial charge in [-0.25, -0.2) is 0 Å². The van der Waals surface area contributed by atoms with Crippen molar-refractivity contribution in [3.63, 3.8) is 0 Å². The molecule has 0 saturated carbocycles. The van der Waals surface area contributed by atoms with Gasteiger partial charge in [-0.1, -0.05) is 0 Å². The molecule has 0 aromatic heterocycles. The van der Waals surface area contributed by atoms with Crippen molar-refractivity contribution in [3.05, 3.63) is 53.6 Å². The van der Waals surface area contributed by atoms with Crippen LogP contribution in [0.15, 0.2) is 42.5 Å². The molecule has 134 valence electrons. The maximum absolute atomic E-state index is 12.2. The largest absolute Gasteiger partial charge is 0.497 e. The highest BCUT2D eigenvalue weighted by Crippen LogP contribution is 2.24. The summed E-state index contributed by atoms with van der Waals surface area (Å²) in [6.07, 6.45) is 0. The molecule has 0 spiro atoms. The minimum atomic E-state index is -0.108. The molecule has 2 rings (SSSR count). The third kappa shape index (κ3) is 5.41. The number of hydrogen-bond acceptors (Lipinski definition) is 4. The van der Waals surface area contributed by atoms with Crippen LogP contribution in [0.4, 0.5) is 0 Å². The van der Waals surface area contributed by atoms with Crippen LogP contribution in [0.5, 0.6) is 17.2 Å². The average Bonchev–Trinajstić information content (AvgIpc) is 2.61. The first-order valence-corrected chi connectivity index (χ1v) is 8.37.